The summed E-state index contributed by atoms with van der Waals surface area (Å²) in [6, 6.07) is 13.2. The predicted molar refractivity (Wildman–Crippen MR) is 69.9 cm³/mol. The highest BCUT2D eigenvalue weighted by Gasteiger charge is 2.03. The van der Waals surface area contributed by atoms with Gasteiger partial charge in [0.15, 0.2) is 0 Å². The normalized spacial score (nSPS) is 9.56. The number of phenolic OH excluding ortho intramolecular Hbond substituents is 1. The standard InChI is InChI=1S/C13H13NO.ClH/c1-9-2-4-10(5-3-9)12-7-6-11(14)8-13(12)15;/h2-8,15H,14H2,1H3;1H. The van der Waals surface area contributed by atoms with Gasteiger partial charge in [-0.15, -0.1) is 12.4 Å². The third-order valence-corrected chi connectivity index (χ3v) is 2.38. The number of aromatic hydroxyl groups is 1. The van der Waals surface area contributed by atoms with Crippen LogP contribution in [0.25, 0.3) is 11.1 Å². The van der Waals surface area contributed by atoms with Gasteiger partial charge in [0, 0.05) is 17.3 Å². The zero-order valence-electron chi connectivity index (χ0n) is 8.97. The van der Waals surface area contributed by atoms with E-state index in [0.29, 0.717) is 5.69 Å². The fourth-order valence-corrected chi connectivity index (χ4v) is 1.53. The van der Waals surface area contributed by atoms with E-state index in [4.69, 9.17) is 5.73 Å². The van der Waals surface area contributed by atoms with Crippen LogP contribution in [0, 0.1) is 6.92 Å². The van der Waals surface area contributed by atoms with Crippen molar-refractivity contribution in [1.29, 1.82) is 0 Å². The van der Waals surface area contributed by atoms with Gasteiger partial charge in [-0.05, 0) is 24.6 Å². The molecule has 0 fully saturated rings. The Labute approximate surface area is 101 Å². The van der Waals surface area contributed by atoms with Crippen molar-refractivity contribution in [2.24, 2.45) is 0 Å². The molecule has 0 aliphatic carbocycles. The Balaban J connectivity index is 0.00000128. The third kappa shape index (κ3) is 2.47. The summed E-state index contributed by atoms with van der Waals surface area (Å²) in [5.74, 6) is 0.221. The Morgan fingerprint density at radius 2 is 1.62 bits per heavy atom. The van der Waals surface area contributed by atoms with E-state index in [1.807, 2.05) is 37.3 Å². The topological polar surface area (TPSA) is 46.2 Å². The Hall–Kier alpha value is -1.67. The fourth-order valence-electron chi connectivity index (χ4n) is 1.53. The minimum absolute atomic E-state index is 0. The number of aryl methyl sites for hydroxylation is 1. The van der Waals surface area contributed by atoms with Crippen LogP contribution in [-0.4, -0.2) is 5.11 Å². The molecule has 0 saturated heterocycles. The van der Waals surface area contributed by atoms with E-state index in [1.54, 1.807) is 12.1 Å². The zero-order valence-corrected chi connectivity index (χ0v) is 9.79. The maximum Gasteiger partial charge on any atom is 0.125 e. The predicted octanol–water partition coefficient (Wildman–Crippen LogP) is 3.37. The quantitative estimate of drug-likeness (QED) is 0.745. The number of benzene rings is 2. The summed E-state index contributed by atoms with van der Waals surface area (Å²) >= 11 is 0. The van der Waals surface area contributed by atoms with Gasteiger partial charge in [0.05, 0.1) is 0 Å². The molecule has 2 nitrogen and oxygen atoms in total. The molecular weight excluding hydrogens is 222 g/mol. The average Bonchev–Trinajstić information content (AvgIpc) is 2.20. The van der Waals surface area contributed by atoms with Gasteiger partial charge >= 0.3 is 0 Å². The summed E-state index contributed by atoms with van der Waals surface area (Å²) in [5.41, 5.74) is 9.15. The van der Waals surface area contributed by atoms with Crippen LogP contribution in [0.3, 0.4) is 0 Å². The Morgan fingerprint density at radius 3 is 2.19 bits per heavy atom. The zero-order chi connectivity index (χ0) is 10.8. The van der Waals surface area contributed by atoms with Crippen molar-refractivity contribution in [3.63, 3.8) is 0 Å². The molecule has 0 radical (unpaired) electrons. The SMILES string of the molecule is Cc1ccc(-c2ccc(N)cc2O)cc1.Cl. The minimum atomic E-state index is 0. The number of nitrogen functional groups attached to an aromatic ring is 1. The Kier molecular flexibility index (Phi) is 3.80. The molecule has 0 unspecified atom stereocenters. The fraction of sp³-hybridized carbons (Fsp3) is 0.0769. The molecule has 0 aliphatic heterocycles. The molecule has 16 heavy (non-hydrogen) atoms. The van der Waals surface area contributed by atoms with Gasteiger partial charge in [0.25, 0.3) is 0 Å². The van der Waals surface area contributed by atoms with Gasteiger partial charge in [0.2, 0.25) is 0 Å². The molecule has 0 aromatic heterocycles. The first-order valence-electron chi connectivity index (χ1n) is 4.82. The number of halogens is 1. The summed E-state index contributed by atoms with van der Waals surface area (Å²) in [6.07, 6.45) is 0. The highest BCUT2D eigenvalue weighted by Crippen LogP contribution is 2.30. The highest BCUT2D eigenvalue weighted by atomic mass is 35.5. The lowest BCUT2D eigenvalue weighted by Crippen LogP contribution is -1.85. The van der Waals surface area contributed by atoms with Crippen LogP contribution in [0.5, 0.6) is 5.75 Å². The maximum atomic E-state index is 9.73. The lowest BCUT2D eigenvalue weighted by Gasteiger charge is -2.05. The van der Waals surface area contributed by atoms with Crippen LogP contribution in [0.1, 0.15) is 5.56 Å². The lowest BCUT2D eigenvalue weighted by atomic mass is 10.0. The summed E-state index contributed by atoms with van der Waals surface area (Å²) in [4.78, 5) is 0. The van der Waals surface area contributed by atoms with E-state index in [9.17, 15) is 5.11 Å². The van der Waals surface area contributed by atoms with Gasteiger partial charge in [-0.25, -0.2) is 0 Å². The van der Waals surface area contributed by atoms with Crippen LogP contribution in [0.15, 0.2) is 42.5 Å². The molecule has 2 aromatic rings. The molecule has 3 N–H and O–H groups in total. The molecule has 0 spiro atoms. The van der Waals surface area contributed by atoms with Gasteiger partial charge in [-0.2, -0.15) is 0 Å². The molecule has 0 bridgehead atoms. The summed E-state index contributed by atoms with van der Waals surface area (Å²) in [6.45, 7) is 2.03. The number of hydrogen-bond acceptors (Lipinski definition) is 2. The van der Waals surface area contributed by atoms with Crippen molar-refractivity contribution >= 4 is 18.1 Å². The van der Waals surface area contributed by atoms with Crippen molar-refractivity contribution in [2.75, 3.05) is 5.73 Å². The second kappa shape index (κ2) is 4.90. The average molecular weight is 236 g/mol. The monoisotopic (exact) mass is 235 g/mol. The van der Waals surface area contributed by atoms with Crippen LogP contribution < -0.4 is 5.73 Å². The second-order valence-electron chi connectivity index (χ2n) is 3.64. The van der Waals surface area contributed by atoms with E-state index in [-0.39, 0.29) is 18.2 Å². The molecule has 0 amide bonds. The number of hydrogen-bond donors (Lipinski definition) is 2. The summed E-state index contributed by atoms with van der Waals surface area (Å²) in [7, 11) is 0. The molecule has 84 valence electrons. The van der Waals surface area contributed by atoms with Crippen LogP contribution >= 0.6 is 12.4 Å². The molecule has 3 heteroatoms. The maximum absolute atomic E-state index is 9.73. The summed E-state index contributed by atoms with van der Waals surface area (Å²) in [5, 5.41) is 9.73. The Bertz CT molecular complexity index is 480. The minimum Gasteiger partial charge on any atom is -0.507 e. The van der Waals surface area contributed by atoms with Gasteiger partial charge in [0.1, 0.15) is 5.75 Å². The third-order valence-electron chi connectivity index (χ3n) is 2.38. The summed E-state index contributed by atoms with van der Waals surface area (Å²) < 4.78 is 0. The molecule has 2 rings (SSSR count). The van der Waals surface area contributed by atoms with E-state index in [0.717, 1.165) is 11.1 Å². The van der Waals surface area contributed by atoms with Crippen LogP contribution in [0.2, 0.25) is 0 Å². The first kappa shape index (κ1) is 12.4. The first-order chi connectivity index (χ1) is 7.16. The smallest absolute Gasteiger partial charge is 0.125 e. The highest BCUT2D eigenvalue weighted by molar-refractivity contribution is 5.85. The first-order valence-corrected chi connectivity index (χ1v) is 4.82. The molecular formula is C13H14ClNO. The number of rotatable bonds is 1. The van der Waals surface area contributed by atoms with E-state index in [1.165, 1.54) is 5.56 Å². The van der Waals surface area contributed by atoms with Crippen molar-refractivity contribution in [3.8, 4) is 16.9 Å². The molecule has 0 atom stereocenters. The van der Waals surface area contributed by atoms with Crippen molar-refractivity contribution in [2.45, 2.75) is 6.92 Å². The van der Waals surface area contributed by atoms with E-state index >= 15 is 0 Å². The molecule has 0 heterocycles. The molecule has 2 aromatic carbocycles. The number of phenols is 1. The molecule has 0 saturated carbocycles. The Morgan fingerprint density at radius 1 is 1.00 bits per heavy atom. The molecule has 0 aliphatic rings. The van der Waals surface area contributed by atoms with Crippen LogP contribution in [0.4, 0.5) is 5.69 Å². The van der Waals surface area contributed by atoms with Gasteiger partial charge in [-0.1, -0.05) is 29.8 Å². The van der Waals surface area contributed by atoms with Crippen LogP contribution in [-0.2, 0) is 0 Å². The van der Waals surface area contributed by atoms with Gasteiger partial charge in [-0.3, -0.25) is 0 Å². The van der Waals surface area contributed by atoms with Crippen molar-refractivity contribution < 1.29 is 5.11 Å². The van der Waals surface area contributed by atoms with Gasteiger partial charge < -0.3 is 10.8 Å². The number of anilines is 1. The van der Waals surface area contributed by atoms with E-state index < -0.39 is 0 Å². The largest absolute Gasteiger partial charge is 0.507 e. The van der Waals surface area contributed by atoms with Crippen molar-refractivity contribution in [1.82, 2.24) is 0 Å². The van der Waals surface area contributed by atoms with E-state index in [2.05, 4.69) is 0 Å². The second-order valence-corrected chi connectivity index (χ2v) is 3.64. The van der Waals surface area contributed by atoms with Crippen molar-refractivity contribution in [3.05, 3.63) is 48.0 Å². The lowest BCUT2D eigenvalue weighted by molar-refractivity contribution is 0.477. The number of nitrogens with two attached hydrogens (primary N) is 1.